The molecule has 16 heavy (non-hydrogen) atoms. The summed E-state index contributed by atoms with van der Waals surface area (Å²) >= 11 is 6.74. The van der Waals surface area contributed by atoms with Gasteiger partial charge < -0.3 is 5.73 Å². The van der Waals surface area contributed by atoms with Crippen molar-refractivity contribution in [3.05, 3.63) is 16.5 Å². The minimum atomic E-state index is -3.44. The Kier molecular flexibility index (Phi) is 6.24. The van der Waals surface area contributed by atoms with Crippen LogP contribution >= 0.6 is 35.3 Å². The minimum absolute atomic E-state index is 0. The first-order chi connectivity index (χ1) is 6.89. The third-order valence-corrected chi connectivity index (χ3v) is 5.81. The molecule has 1 aromatic heterocycles. The Morgan fingerprint density at radius 3 is 2.50 bits per heavy atom. The van der Waals surface area contributed by atoms with Crippen molar-refractivity contribution < 1.29 is 8.42 Å². The van der Waals surface area contributed by atoms with Gasteiger partial charge in [0.2, 0.25) is 0 Å². The smallest absolute Gasteiger partial charge is 0.252 e. The van der Waals surface area contributed by atoms with Gasteiger partial charge in [0.25, 0.3) is 10.0 Å². The lowest BCUT2D eigenvalue weighted by molar-refractivity contribution is 0.395. The lowest BCUT2D eigenvalue weighted by atomic mass is 10.4. The molecule has 0 spiro atoms. The molecule has 4 nitrogen and oxygen atoms in total. The average Bonchev–Trinajstić information content (AvgIpc) is 2.63. The first-order valence-electron chi connectivity index (χ1n) is 4.33. The molecule has 8 heteroatoms. The second kappa shape index (κ2) is 6.18. The van der Waals surface area contributed by atoms with Crippen LogP contribution in [0.3, 0.4) is 0 Å². The van der Waals surface area contributed by atoms with Crippen LogP contribution in [-0.2, 0) is 10.0 Å². The second-order valence-electron chi connectivity index (χ2n) is 3.16. The molecule has 0 aliphatic rings. The number of rotatable bonds is 4. The second-order valence-corrected chi connectivity index (χ2v) is 7.10. The summed E-state index contributed by atoms with van der Waals surface area (Å²) in [6, 6.07) is 2.85. The van der Waals surface area contributed by atoms with Crippen LogP contribution in [-0.4, -0.2) is 32.4 Å². The molecule has 0 fully saturated rings. The molecule has 1 atom stereocenters. The van der Waals surface area contributed by atoms with Crippen molar-refractivity contribution in [1.82, 2.24) is 4.31 Å². The van der Waals surface area contributed by atoms with Gasteiger partial charge in [0.15, 0.2) is 0 Å². The standard InChI is InChI=1S/C8H13ClN2O2S2.ClH/c1-6(5-10)11(2)15(12,13)8-4-3-7(9)14-8;/h3-4,6H,5,10H2,1-2H3;1H. The summed E-state index contributed by atoms with van der Waals surface area (Å²) in [6.45, 7) is 2.04. The van der Waals surface area contributed by atoms with E-state index < -0.39 is 10.0 Å². The number of sulfonamides is 1. The van der Waals surface area contributed by atoms with Gasteiger partial charge in [0.05, 0.1) is 4.34 Å². The molecule has 0 aromatic carbocycles. The topological polar surface area (TPSA) is 63.4 Å². The molecule has 0 amide bonds. The fourth-order valence-electron chi connectivity index (χ4n) is 0.964. The summed E-state index contributed by atoms with van der Waals surface area (Å²) in [5.41, 5.74) is 5.42. The zero-order valence-corrected chi connectivity index (χ0v) is 12.1. The number of hydrogen-bond donors (Lipinski definition) is 1. The molecule has 1 aromatic rings. The highest BCUT2D eigenvalue weighted by atomic mass is 35.5. The zero-order chi connectivity index (χ0) is 11.6. The Balaban J connectivity index is 0.00000225. The molecule has 0 saturated heterocycles. The van der Waals surface area contributed by atoms with Crippen LogP contribution in [0.5, 0.6) is 0 Å². The van der Waals surface area contributed by atoms with Gasteiger partial charge in [-0.1, -0.05) is 11.6 Å². The van der Waals surface area contributed by atoms with Crippen LogP contribution in [0.2, 0.25) is 4.34 Å². The van der Waals surface area contributed by atoms with Crippen molar-refractivity contribution in [3.8, 4) is 0 Å². The van der Waals surface area contributed by atoms with Crippen LogP contribution in [0.1, 0.15) is 6.92 Å². The largest absolute Gasteiger partial charge is 0.329 e. The Morgan fingerprint density at radius 2 is 2.12 bits per heavy atom. The van der Waals surface area contributed by atoms with Crippen LogP contribution in [0, 0.1) is 0 Å². The van der Waals surface area contributed by atoms with Crippen LogP contribution < -0.4 is 5.73 Å². The third-order valence-electron chi connectivity index (χ3n) is 2.14. The maximum Gasteiger partial charge on any atom is 0.252 e. The molecule has 1 rings (SSSR count). The number of thiophene rings is 1. The van der Waals surface area contributed by atoms with E-state index in [4.69, 9.17) is 17.3 Å². The van der Waals surface area contributed by atoms with E-state index in [1.807, 2.05) is 0 Å². The van der Waals surface area contributed by atoms with Gasteiger partial charge in [-0.05, 0) is 19.1 Å². The number of halogens is 2. The molecule has 1 unspecified atom stereocenters. The molecule has 94 valence electrons. The number of hydrogen-bond acceptors (Lipinski definition) is 4. The molecule has 0 aliphatic carbocycles. The first-order valence-corrected chi connectivity index (χ1v) is 6.96. The molecular weight excluding hydrogens is 291 g/mol. The Bertz CT molecular complexity index is 433. The Labute approximate surface area is 111 Å². The normalized spacial score (nSPS) is 13.6. The predicted molar refractivity (Wildman–Crippen MR) is 70.0 cm³/mol. The van der Waals surface area contributed by atoms with Gasteiger partial charge in [-0.15, -0.1) is 23.7 Å². The molecule has 0 saturated carbocycles. The van der Waals surface area contributed by atoms with Gasteiger partial charge >= 0.3 is 0 Å². The Morgan fingerprint density at radius 1 is 1.56 bits per heavy atom. The fraction of sp³-hybridized carbons (Fsp3) is 0.500. The maximum absolute atomic E-state index is 12.0. The quantitative estimate of drug-likeness (QED) is 0.922. The van der Waals surface area contributed by atoms with E-state index in [0.29, 0.717) is 4.34 Å². The van der Waals surface area contributed by atoms with Crippen LogP contribution in [0.15, 0.2) is 16.3 Å². The van der Waals surface area contributed by atoms with Gasteiger partial charge in [0, 0.05) is 19.6 Å². The lowest BCUT2D eigenvalue weighted by Crippen LogP contribution is -2.39. The fourth-order valence-corrected chi connectivity index (χ4v) is 4.00. The van der Waals surface area contributed by atoms with E-state index in [9.17, 15) is 8.42 Å². The molecule has 0 radical (unpaired) electrons. The third kappa shape index (κ3) is 3.32. The highest BCUT2D eigenvalue weighted by Crippen LogP contribution is 2.28. The highest BCUT2D eigenvalue weighted by molar-refractivity contribution is 7.91. The average molecular weight is 305 g/mol. The Hall–Kier alpha value is 0.150. The van der Waals surface area contributed by atoms with Crippen LogP contribution in [0.4, 0.5) is 0 Å². The molecule has 0 bridgehead atoms. The lowest BCUT2D eigenvalue weighted by Gasteiger charge is -2.21. The van der Waals surface area contributed by atoms with Gasteiger partial charge in [0.1, 0.15) is 4.21 Å². The van der Waals surface area contributed by atoms with Crippen LogP contribution in [0.25, 0.3) is 0 Å². The van der Waals surface area contributed by atoms with Gasteiger partial charge in [-0.3, -0.25) is 0 Å². The monoisotopic (exact) mass is 304 g/mol. The van der Waals surface area contributed by atoms with Gasteiger partial charge in [-0.25, -0.2) is 8.42 Å². The van der Waals surface area contributed by atoms with Crippen molar-refractivity contribution in [1.29, 1.82) is 0 Å². The predicted octanol–water partition coefficient (Wildman–Crippen LogP) is 1.79. The molecule has 2 N–H and O–H groups in total. The molecule has 1 heterocycles. The van der Waals surface area contributed by atoms with E-state index in [2.05, 4.69) is 0 Å². The summed E-state index contributed by atoms with van der Waals surface area (Å²) in [5, 5.41) is 0. The summed E-state index contributed by atoms with van der Waals surface area (Å²) in [6.07, 6.45) is 0. The molecular formula is C8H14Cl2N2O2S2. The highest BCUT2D eigenvalue weighted by Gasteiger charge is 2.25. The zero-order valence-electron chi connectivity index (χ0n) is 8.88. The first kappa shape index (κ1) is 16.1. The minimum Gasteiger partial charge on any atom is -0.329 e. The SMILES string of the molecule is CC(CN)N(C)S(=O)(=O)c1ccc(Cl)s1.Cl. The maximum atomic E-state index is 12.0. The van der Waals surface area contributed by atoms with Crippen molar-refractivity contribution in [2.75, 3.05) is 13.6 Å². The van der Waals surface area contributed by atoms with Crippen molar-refractivity contribution in [2.45, 2.75) is 17.2 Å². The number of likely N-dealkylation sites (N-methyl/N-ethyl adjacent to an activating group) is 1. The number of nitrogens with two attached hydrogens (primary N) is 1. The summed E-state index contributed by atoms with van der Waals surface area (Å²) in [7, 11) is -1.93. The summed E-state index contributed by atoms with van der Waals surface area (Å²) < 4.78 is 25.9. The number of nitrogens with zero attached hydrogens (tertiary/aromatic N) is 1. The van der Waals surface area contributed by atoms with E-state index in [1.165, 1.54) is 17.4 Å². The van der Waals surface area contributed by atoms with E-state index >= 15 is 0 Å². The van der Waals surface area contributed by atoms with Gasteiger partial charge in [-0.2, -0.15) is 4.31 Å². The molecule has 0 aliphatic heterocycles. The van der Waals surface area contributed by atoms with E-state index in [1.54, 1.807) is 13.0 Å². The van der Waals surface area contributed by atoms with Crippen molar-refractivity contribution in [3.63, 3.8) is 0 Å². The summed E-state index contributed by atoms with van der Waals surface area (Å²) in [5.74, 6) is 0. The van der Waals surface area contributed by atoms with Crippen molar-refractivity contribution in [2.24, 2.45) is 5.73 Å². The summed E-state index contributed by atoms with van der Waals surface area (Å²) in [4.78, 5) is 0. The van der Waals surface area contributed by atoms with E-state index in [0.717, 1.165) is 11.3 Å². The van der Waals surface area contributed by atoms with E-state index in [-0.39, 0.29) is 29.2 Å². The van der Waals surface area contributed by atoms with Crippen molar-refractivity contribution >= 4 is 45.4 Å².